The normalized spacial score (nSPS) is 21.2. The highest BCUT2D eigenvalue weighted by molar-refractivity contribution is 4.72. The molecule has 0 aromatic rings. The van der Waals surface area contributed by atoms with Crippen molar-refractivity contribution in [1.29, 1.82) is 0 Å². The van der Waals surface area contributed by atoms with E-state index in [0.717, 1.165) is 38.6 Å². The van der Waals surface area contributed by atoms with Gasteiger partial charge in [0, 0.05) is 39.3 Å². The van der Waals surface area contributed by atoms with Gasteiger partial charge in [0.15, 0.2) is 0 Å². The topological polar surface area (TPSA) is 26.7 Å². The van der Waals surface area contributed by atoms with Crippen LogP contribution in [-0.4, -0.2) is 60.8 Å². The predicted octanol–water partition coefficient (Wildman–Crippen LogP) is 0.252. The molecule has 3 nitrogen and oxygen atoms in total. The highest BCUT2D eigenvalue weighted by atomic mass is 16.3. The maximum absolute atomic E-state index is 8.77. The van der Waals surface area contributed by atoms with Crippen LogP contribution in [0.3, 0.4) is 0 Å². The van der Waals surface area contributed by atoms with E-state index >= 15 is 0 Å². The second-order valence-corrected chi connectivity index (χ2v) is 4.26. The molecule has 1 N–H and O–H groups in total. The summed E-state index contributed by atoms with van der Waals surface area (Å²) in [5, 5.41) is 8.77. The second kappa shape index (κ2) is 5.58. The van der Waals surface area contributed by atoms with Crippen LogP contribution in [-0.2, 0) is 0 Å². The van der Waals surface area contributed by atoms with Crippen molar-refractivity contribution in [2.24, 2.45) is 5.92 Å². The summed E-state index contributed by atoms with van der Waals surface area (Å²) < 4.78 is 0. The lowest BCUT2D eigenvalue weighted by atomic mass is 10.2. The number of hydrogen-bond acceptors (Lipinski definition) is 3. The third kappa shape index (κ3) is 4.07. The number of hydrogen-bond donors (Lipinski definition) is 1. The summed E-state index contributed by atoms with van der Waals surface area (Å²) in [4.78, 5) is 4.84. The van der Waals surface area contributed by atoms with Crippen molar-refractivity contribution in [2.75, 3.05) is 45.9 Å². The zero-order chi connectivity index (χ0) is 9.68. The van der Waals surface area contributed by atoms with Crippen molar-refractivity contribution >= 4 is 0 Å². The predicted molar refractivity (Wildman–Crippen MR) is 54.8 cm³/mol. The largest absolute Gasteiger partial charge is 0.395 e. The lowest BCUT2D eigenvalue weighted by Gasteiger charge is -2.35. The third-order valence-corrected chi connectivity index (χ3v) is 2.50. The van der Waals surface area contributed by atoms with Gasteiger partial charge in [-0.2, -0.15) is 0 Å². The Balaban J connectivity index is 2.15. The molecule has 0 unspecified atom stereocenters. The Morgan fingerprint density at radius 1 is 1.08 bits per heavy atom. The monoisotopic (exact) mass is 186 g/mol. The van der Waals surface area contributed by atoms with Crippen LogP contribution >= 0.6 is 0 Å². The summed E-state index contributed by atoms with van der Waals surface area (Å²) in [6.45, 7) is 11.4. The fraction of sp³-hybridized carbons (Fsp3) is 1.00. The highest BCUT2D eigenvalue weighted by Crippen LogP contribution is 2.04. The van der Waals surface area contributed by atoms with Crippen molar-refractivity contribution < 1.29 is 5.11 Å². The summed E-state index contributed by atoms with van der Waals surface area (Å²) >= 11 is 0. The zero-order valence-electron chi connectivity index (χ0n) is 8.87. The lowest BCUT2D eigenvalue weighted by molar-refractivity contribution is 0.105. The van der Waals surface area contributed by atoms with E-state index in [2.05, 4.69) is 23.6 Å². The number of rotatable bonds is 4. The Morgan fingerprint density at radius 3 is 2.08 bits per heavy atom. The molecule has 78 valence electrons. The van der Waals surface area contributed by atoms with Crippen molar-refractivity contribution in [3.63, 3.8) is 0 Å². The average Bonchev–Trinajstić information content (AvgIpc) is 2.08. The van der Waals surface area contributed by atoms with Gasteiger partial charge in [-0.05, 0) is 5.92 Å². The van der Waals surface area contributed by atoms with Crippen molar-refractivity contribution in [3.05, 3.63) is 0 Å². The van der Waals surface area contributed by atoms with Gasteiger partial charge in [0.25, 0.3) is 0 Å². The molecule has 1 aliphatic rings. The first-order chi connectivity index (χ1) is 6.22. The minimum absolute atomic E-state index is 0.296. The van der Waals surface area contributed by atoms with Crippen LogP contribution in [0.5, 0.6) is 0 Å². The summed E-state index contributed by atoms with van der Waals surface area (Å²) in [6.07, 6.45) is 0. The quantitative estimate of drug-likeness (QED) is 0.682. The molecule has 0 radical (unpaired) electrons. The number of aliphatic hydroxyl groups is 1. The fourth-order valence-electron chi connectivity index (χ4n) is 1.85. The van der Waals surface area contributed by atoms with E-state index in [1.54, 1.807) is 0 Å². The standard InChI is InChI=1S/C10H22N2O/c1-10(2)9-12-5-3-11(4-6-12)7-8-13/h10,13H,3-9H2,1-2H3. The Morgan fingerprint density at radius 2 is 1.62 bits per heavy atom. The Kier molecular flexibility index (Phi) is 4.70. The molecule has 0 atom stereocenters. The van der Waals surface area contributed by atoms with Gasteiger partial charge in [0.1, 0.15) is 0 Å². The Bertz CT molecular complexity index is 131. The molecule has 1 saturated heterocycles. The van der Waals surface area contributed by atoms with Crippen LogP contribution in [0.25, 0.3) is 0 Å². The molecule has 3 heteroatoms. The number of nitrogens with zero attached hydrogens (tertiary/aromatic N) is 2. The molecule has 1 fully saturated rings. The summed E-state index contributed by atoms with van der Waals surface area (Å²) in [7, 11) is 0. The van der Waals surface area contributed by atoms with Crippen LogP contribution in [0.15, 0.2) is 0 Å². The van der Waals surface area contributed by atoms with E-state index in [4.69, 9.17) is 5.11 Å². The molecule has 0 spiro atoms. The van der Waals surface area contributed by atoms with E-state index in [1.165, 1.54) is 6.54 Å². The maximum atomic E-state index is 8.77. The number of piperazine rings is 1. The van der Waals surface area contributed by atoms with Crippen LogP contribution in [0.1, 0.15) is 13.8 Å². The second-order valence-electron chi connectivity index (χ2n) is 4.26. The van der Waals surface area contributed by atoms with E-state index in [1.807, 2.05) is 0 Å². The molecule has 1 heterocycles. The molecular formula is C10H22N2O. The van der Waals surface area contributed by atoms with Crippen LogP contribution in [0, 0.1) is 5.92 Å². The minimum Gasteiger partial charge on any atom is -0.395 e. The molecule has 0 saturated carbocycles. The van der Waals surface area contributed by atoms with E-state index in [9.17, 15) is 0 Å². The molecule has 0 bridgehead atoms. The van der Waals surface area contributed by atoms with Crippen molar-refractivity contribution in [2.45, 2.75) is 13.8 Å². The Labute approximate surface area is 81.3 Å². The summed E-state index contributed by atoms with van der Waals surface area (Å²) in [5.41, 5.74) is 0. The SMILES string of the molecule is CC(C)CN1CCN(CCO)CC1. The van der Waals surface area contributed by atoms with Gasteiger partial charge >= 0.3 is 0 Å². The highest BCUT2D eigenvalue weighted by Gasteiger charge is 2.16. The van der Waals surface area contributed by atoms with E-state index in [0.29, 0.717) is 6.61 Å². The van der Waals surface area contributed by atoms with Gasteiger partial charge in [-0.15, -0.1) is 0 Å². The van der Waals surface area contributed by atoms with Crippen LogP contribution < -0.4 is 0 Å². The lowest BCUT2D eigenvalue weighted by Crippen LogP contribution is -2.48. The third-order valence-electron chi connectivity index (χ3n) is 2.50. The van der Waals surface area contributed by atoms with Crippen molar-refractivity contribution in [3.8, 4) is 0 Å². The first kappa shape index (κ1) is 11.0. The summed E-state index contributed by atoms with van der Waals surface area (Å²) in [6, 6.07) is 0. The smallest absolute Gasteiger partial charge is 0.0558 e. The van der Waals surface area contributed by atoms with Gasteiger partial charge in [-0.25, -0.2) is 0 Å². The van der Waals surface area contributed by atoms with Gasteiger partial charge in [0.2, 0.25) is 0 Å². The number of β-amino-alcohol motifs (C(OH)–C–C–N with tert-alkyl or cyclic N) is 1. The first-order valence-electron chi connectivity index (χ1n) is 5.28. The molecule has 0 aromatic carbocycles. The average molecular weight is 186 g/mol. The van der Waals surface area contributed by atoms with Crippen LogP contribution in [0.2, 0.25) is 0 Å². The van der Waals surface area contributed by atoms with Gasteiger partial charge in [-0.1, -0.05) is 13.8 Å². The Hall–Kier alpha value is -0.120. The van der Waals surface area contributed by atoms with Crippen molar-refractivity contribution in [1.82, 2.24) is 9.80 Å². The first-order valence-corrected chi connectivity index (χ1v) is 5.28. The van der Waals surface area contributed by atoms with E-state index < -0.39 is 0 Å². The van der Waals surface area contributed by atoms with Gasteiger partial charge in [0.05, 0.1) is 6.61 Å². The van der Waals surface area contributed by atoms with Gasteiger partial charge < -0.3 is 10.0 Å². The van der Waals surface area contributed by atoms with Crippen LogP contribution in [0.4, 0.5) is 0 Å². The molecular weight excluding hydrogens is 164 g/mol. The molecule has 0 aromatic heterocycles. The molecule has 1 aliphatic heterocycles. The summed E-state index contributed by atoms with van der Waals surface area (Å²) in [5.74, 6) is 0.768. The molecule has 1 rings (SSSR count). The molecule has 0 amide bonds. The molecule has 0 aliphatic carbocycles. The minimum atomic E-state index is 0.296. The zero-order valence-corrected chi connectivity index (χ0v) is 8.87. The number of aliphatic hydroxyl groups excluding tert-OH is 1. The maximum Gasteiger partial charge on any atom is 0.0558 e. The van der Waals surface area contributed by atoms with E-state index in [-0.39, 0.29) is 0 Å². The molecule has 13 heavy (non-hydrogen) atoms. The van der Waals surface area contributed by atoms with Gasteiger partial charge in [-0.3, -0.25) is 4.90 Å². The fourth-order valence-corrected chi connectivity index (χ4v) is 1.85.